The number of carboxylic acid groups (broad SMARTS) is 1. The molecule has 0 aromatic heterocycles. The highest BCUT2D eigenvalue weighted by Crippen LogP contribution is 2.30. The zero-order valence-corrected chi connectivity index (χ0v) is 8.81. The Morgan fingerprint density at radius 1 is 1.20 bits per heavy atom. The van der Waals surface area contributed by atoms with Crippen molar-refractivity contribution in [2.45, 2.75) is 51.6 Å². The van der Waals surface area contributed by atoms with E-state index < -0.39 is 18.1 Å². The SMILES string of the molecule is CCCCCCCC(C(=O)O)C(F)(F)F. The zero-order valence-electron chi connectivity index (χ0n) is 8.81. The summed E-state index contributed by atoms with van der Waals surface area (Å²) in [6.45, 7) is 2.01. The normalized spacial score (nSPS) is 13.9. The van der Waals surface area contributed by atoms with Crippen molar-refractivity contribution in [1.29, 1.82) is 0 Å². The average molecular weight is 226 g/mol. The van der Waals surface area contributed by atoms with Crippen molar-refractivity contribution in [2.24, 2.45) is 5.92 Å². The van der Waals surface area contributed by atoms with Crippen LogP contribution in [0.2, 0.25) is 0 Å². The molecule has 0 fully saturated rings. The van der Waals surface area contributed by atoms with E-state index in [-0.39, 0.29) is 6.42 Å². The quantitative estimate of drug-likeness (QED) is 0.673. The number of aliphatic carboxylic acids is 1. The molecule has 1 atom stereocenters. The molecular formula is C10H17F3O2. The van der Waals surface area contributed by atoms with Gasteiger partial charge in [0.1, 0.15) is 0 Å². The fourth-order valence-electron chi connectivity index (χ4n) is 1.38. The fourth-order valence-corrected chi connectivity index (χ4v) is 1.38. The Kier molecular flexibility index (Phi) is 6.36. The Morgan fingerprint density at radius 3 is 2.13 bits per heavy atom. The lowest BCUT2D eigenvalue weighted by molar-refractivity contribution is -0.194. The van der Waals surface area contributed by atoms with Crippen LogP contribution in [0.15, 0.2) is 0 Å². The van der Waals surface area contributed by atoms with Crippen molar-refractivity contribution in [3.63, 3.8) is 0 Å². The Hall–Kier alpha value is -0.740. The summed E-state index contributed by atoms with van der Waals surface area (Å²) in [5.41, 5.74) is 0. The molecule has 2 nitrogen and oxygen atoms in total. The molecule has 0 bridgehead atoms. The Labute approximate surface area is 87.5 Å². The summed E-state index contributed by atoms with van der Waals surface area (Å²) in [6.07, 6.45) is -1.03. The molecule has 0 rings (SSSR count). The van der Waals surface area contributed by atoms with Crippen LogP contribution in [0.25, 0.3) is 0 Å². The van der Waals surface area contributed by atoms with E-state index in [0.29, 0.717) is 12.8 Å². The number of carbonyl (C=O) groups is 1. The summed E-state index contributed by atoms with van der Waals surface area (Å²) in [5, 5.41) is 8.39. The number of halogens is 3. The van der Waals surface area contributed by atoms with Crippen LogP contribution in [0, 0.1) is 5.92 Å². The maximum atomic E-state index is 12.2. The lowest BCUT2D eigenvalue weighted by Gasteiger charge is -2.15. The van der Waals surface area contributed by atoms with Gasteiger partial charge in [0.2, 0.25) is 0 Å². The Balaban J connectivity index is 3.84. The van der Waals surface area contributed by atoms with Gasteiger partial charge in [-0.25, -0.2) is 0 Å². The topological polar surface area (TPSA) is 37.3 Å². The van der Waals surface area contributed by atoms with Crippen LogP contribution in [0.5, 0.6) is 0 Å². The molecule has 0 radical (unpaired) electrons. The standard InChI is InChI=1S/C10H17F3O2/c1-2-3-4-5-6-7-8(9(14)15)10(11,12)13/h8H,2-7H2,1H3,(H,14,15). The second-order valence-electron chi connectivity index (χ2n) is 3.64. The van der Waals surface area contributed by atoms with Gasteiger partial charge in [0, 0.05) is 0 Å². The molecular weight excluding hydrogens is 209 g/mol. The van der Waals surface area contributed by atoms with Gasteiger partial charge < -0.3 is 5.11 Å². The number of alkyl halides is 3. The van der Waals surface area contributed by atoms with Crippen LogP contribution >= 0.6 is 0 Å². The number of unbranched alkanes of at least 4 members (excludes halogenated alkanes) is 4. The number of rotatable bonds is 7. The van der Waals surface area contributed by atoms with Gasteiger partial charge in [-0.2, -0.15) is 13.2 Å². The van der Waals surface area contributed by atoms with E-state index in [9.17, 15) is 18.0 Å². The molecule has 1 N–H and O–H groups in total. The van der Waals surface area contributed by atoms with E-state index in [4.69, 9.17) is 5.11 Å². The van der Waals surface area contributed by atoms with Gasteiger partial charge in [0.05, 0.1) is 0 Å². The molecule has 0 saturated heterocycles. The predicted molar refractivity (Wildman–Crippen MR) is 50.6 cm³/mol. The van der Waals surface area contributed by atoms with E-state index in [2.05, 4.69) is 0 Å². The van der Waals surface area contributed by atoms with Gasteiger partial charge in [-0.15, -0.1) is 0 Å². The molecule has 0 aliphatic rings. The first-order chi connectivity index (χ1) is 6.89. The minimum Gasteiger partial charge on any atom is -0.481 e. The molecule has 15 heavy (non-hydrogen) atoms. The van der Waals surface area contributed by atoms with Crippen molar-refractivity contribution in [1.82, 2.24) is 0 Å². The minimum atomic E-state index is -4.61. The minimum absolute atomic E-state index is 0.303. The maximum absolute atomic E-state index is 12.2. The first-order valence-electron chi connectivity index (χ1n) is 5.19. The van der Waals surface area contributed by atoms with Crippen molar-refractivity contribution < 1.29 is 23.1 Å². The van der Waals surface area contributed by atoms with E-state index >= 15 is 0 Å². The first kappa shape index (κ1) is 14.3. The molecule has 0 spiro atoms. The van der Waals surface area contributed by atoms with Crippen LogP contribution in [-0.4, -0.2) is 17.3 Å². The average Bonchev–Trinajstić information content (AvgIpc) is 2.08. The van der Waals surface area contributed by atoms with Crippen LogP contribution < -0.4 is 0 Å². The summed E-state index contributed by atoms with van der Waals surface area (Å²) in [5.74, 6) is -3.96. The number of hydrogen-bond donors (Lipinski definition) is 1. The molecule has 0 amide bonds. The highest BCUT2D eigenvalue weighted by molar-refractivity contribution is 5.70. The molecule has 0 aliphatic carbocycles. The van der Waals surface area contributed by atoms with Crippen LogP contribution in [0.1, 0.15) is 45.4 Å². The molecule has 1 unspecified atom stereocenters. The summed E-state index contributed by atoms with van der Waals surface area (Å²) in [6, 6.07) is 0. The van der Waals surface area contributed by atoms with Crippen molar-refractivity contribution >= 4 is 5.97 Å². The molecule has 0 saturated carbocycles. The van der Waals surface area contributed by atoms with Gasteiger partial charge in [-0.1, -0.05) is 39.0 Å². The summed E-state index contributed by atoms with van der Waals surface area (Å²) in [7, 11) is 0. The van der Waals surface area contributed by atoms with Crippen molar-refractivity contribution in [3.8, 4) is 0 Å². The highest BCUT2D eigenvalue weighted by Gasteiger charge is 2.44. The largest absolute Gasteiger partial charge is 0.481 e. The smallest absolute Gasteiger partial charge is 0.402 e. The Morgan fingerprint density at radius 2 is 1.73 bits per heavy atom. The van der Waals surface area contributed by atoms with Gasteiger partial charge in [0.25, 0.3) is 0 Å². The van der Waals surface area contributed by atoms with Crippen LogP contribution in [0.4, 0.5) is 13.2 Å². The van der Waals surface area contributed by atoms with E-state index in [1.807, 2.05) is 6.92 Å². The zero-order chi connectivity index (χ0) is 11.9. The van der Waals surface area contributed by atoms with Gasteiger partial charge in [-0.05, 0) is 6.42 Å². The monoisotopic (exact) mass is 226 g/mol. The third kappa shape index (κ3) is 6.36. The van der Waals surface area contributed by atoms with E-state index in [0.717, 1.165) is 19.3 Å². The van der Waals surface area contributed by atoms with Crippen molar-refractivity contribution in [2.75, 3.05) is 0 Å². The third-order valence-corrected chi connectivity index (χ3v) is 2.29. The predicted octanol–water partition coefficient (Wildman–Crippen LogP) is 3.61. The summed E-state index contributed by atoms with van der Waals surface area (Å²) < 4.78 is 36.5. The second kappa shape index (κ2) is 6.69. The lowest BCUT2D eigenvalue weighted by atomic mass is 10.00. The number of carboxylic acids is 1. The highest BCUT2D eigenvalue weighted by atomic mass is 19.4. The summed E-state index contributed by atoms with van der Waals surface area (Å²) >= 11 is 0. The van der Waals surface area contributed by atoms with Gasteiger partial charge in [-0.3, -0.25) is 4.79 Å². The van der Waals surface area contributed by atoms with E-state index in [1.54, 1.807) is 0 Å². The van der Waals surface area contributed by atoms with Crippen LogP contribution in [0.3, 0.4) is 0 Å². The molecule has 5 heteroatoms. The molecule has 0 aromatic carbocycles. The fraction of sp³-hybridized carbons (Fsp3) is 0.900. The second-order valence-corrected chi connectivity index (χ2v) is 3.64. The maximum Gasteiger partial charge on any atom is 0.402 e. The third-order valence-electron chi connectivity index (χ3n) is 2.29. The lowest BCUT2D eigenvalue weighted by Crippen LogP contribution is -2.30. The molecule has 0 heterocycles. The first-order valence-corrected chi connectivity index (χ1v) is 5.19. The van der Waals surface area contributed by atoms with Gasteiger partial charge >= 0.3 is 12.1 Å². The molecule has 90 valence electrons. The van der Waals surface area contributed by atoms with E-state index in [1.165, 1.54) is 0 Å². The summed E-state index contributed by atoms with van der Waals surface area (Å²) in [4.78, 5) is 10.3. The van der Waals surface area contributed by atoms with Crippen molar-refractivity contribution in [3.05, 3.63) is 0 Å². The van der Waals surface area contributed by atoms with Gasteiger partial charge in [0.15, 0.2) is 5.92 Å². The van der Waals surface area contributed by atoms with Crippen LogP contribution in [-0.2, 0) is 4.79 Å². The number of hydrogen-bond acceptors (Lipinski definition) is 1. The molecule has 0 aromatic rings. The molecule has 0 aliphatic heterocycles. The Bertz CT molecular complexity index is 190.